The van der Waals surface area contributed by atoms with Gasteiger partial charge in [-0.25, -0.2) is 9.37 Å². The Morgan fingerprint density at radius 1 is 1.03 bits per heavy atom. The van der Waals surface area contributed by atoms with Crippen LogP contribution in [-0.2, 0) is 6.42 Å². The van der Waals surface area contributed by atoms with E-state index in [4.69, 9.17) is 4.74 Å². The van der Waals surface area contributed by atoms with Crippen molar-refractivity contribution in [2.45, 2.75) is 25.3 Å². The summed E-state index contributed by atoms with van der Waals surface area (Å²) in [5.74, 6) is 0.263. The van der Waals surface area contributed by atoms with E-state index in [2.05, 4.69) is 26.7 Å². The fraction of sp³-hybridized carbons (Fsp3) is 0.286. The lowest BCUT2D eigenvalue weighted by Crippen LogP contribution is -2.35. The van der Waals surface area contributed by atoms with Gasteiger partial charge in [-0.1, -0.05) is 24.3 Å². The molecule has 5 nitrogen and oxygen atoms in total. The summed E-state index contributed by atoms with van der Waals surface area (Å²) in [6, 6.07) is 18.7. The molecule has 0 atom stereocenters. The van der Waals surface area contributed by atoms with E-state index in [0.29, 0.717) is 23.0 Å². The number of methoxy groups -OCH3 is 1. The van der Waals surface area contributed by atoms with E-state index in [9.17, 15) is 9.18 Å². The minimum absolute atomic E-state index is 0.0413. The molecule has 1 fully saturated rings. The summed E-state index contributed by atoms with van der Waals surface area (Å²) in [4.78, 5) is 19.7. The number of hydrogen-bond acceptors (Lipinski definition) is 4. The topological polar surface area (TPSA) is 47.4 Å². The van der Waals surface area contributed by atoms with E-state index in [-0.39, 0.29) is 11.6 Å². The van der Waals surface area contributed by atoms with Gasteiger partial charge in [0.2, 0.25) is 5.88 Å². The first kappa shape index (κ1) is 22.3. The van der Waals surface area contributed by atoms with Crippen molar-refractivity contribution in [3.8, 4) is 5.88 Å². The predicted octanol–water partition coefficient (Wildman–Crippen LogP) is 5.29. The van der Waals surface area contributed by atoms with Crippen molar-refractivity contribution in [2.75, 3.05) is 26.7 Å². The predicted molar refractivity (Wildman–Crippen MR) is 131 cm³/mol. The molecule has 6 heteroatoms. The number of piperidine rings is 1. The summed E-state index contributed by atoms with van der Waals surface area (Å²) in [5.41, 5.74) is 3.48. The lowest BCUT2D eigenvalue weighted by atomic mass is 10.0. The van der Waals surface area contributed by atoms with Crippen molar-refractivity contribution >= 4 is 16.7 Å². The van der Waals surface area contributed by atoms with Crippen molar-refractivity contribution in [3.05, 3.63) is 95.6 Å². The SMILES string of the molecule is COc1ccc(C(=O)c2ccc3ccn(C4CCN(CCc5ccc(F)cc5)CC4)c3c2)cn1. The smallest absolute Gasteiger partial charge is 0.212 e. The molecule has 1 aliphatic rings. The van der Waals surface area contributed by atoms with E-state index < -0.39 is 0 Å². The van der Waals surface area contributed by atoms with Crippen LogP contribution in [0.25, 0.3) is 10.9 Å². The van der Waals surface area contributed by atoms with Crippen LogP contribution in [0.5, 0.6) is 5.88 Å². The highest BCUT2D eigenvalue weighted by Crippen LogP contribution is 2.29. The molecule has 2 aromatic heterocycles. The molecule has 1 saturated heterocycles. The van der Waals surface area contributed by atoms with Crippen LogP contribution in [0, 0.1) is 5.82 Å². The van der Waals surface area contributed by atoms with Crippen molar-refractivity contribution < 1.29 is 13.9 Å². The number of ketones is 1. The molecule has 0 spiro atoms. The number of ether oxygens (including phenoxy) is 1. The standard InChI is InChI=1S/C28H28FN3O2/c1-34-27-9-6-23(19-30-27)28(33)22-5-4-21-11-17-32(26(21)18-22)25-12-15-31(16-13-25)14-10-20-2-7-24(29)8-3-20/h2-9,11,17-19,25H,10,12-16H2,1H3. The highest BCUT2D eigenvalue weighted by molar-refractivity contribution is 6.10. The number of benzene rings is 2. The number of pyridine rings is 1. The molecule has 1 aliphatic heterocycles. The summed E-state index contributed by atoms with van der Waals surface area (Å²) >= 11 is 0. The van der Waals surface area contributed by atoms with Gasteiger partial charge in [0.1, 0.15) is 5.82 Å². The highest BCUT2D eigenvalue weighted by Gasteiger charge is 2.22. The number of halogens is 1. The Balaban J connectivity index is 1.26. The van der Waals surface area contributed by atoms with Crippen LogP contribution in [0.4, 0.5) is 4.39 Å². The zero-order valence-corrected chi connectivity index (χ0v) is 19.3. The molecular formula is C28H28FN3O2. The van der Waals surface area contributed by atoms with Crippen LogP contribution >= 0.6 is 0 Å². The summed E-state index contributed by atoms with van der Waals surface area (Å²) in [7, 11) is 1.56. The second-order valence-electron chi connectivity index (χ2n) is 8.86. The number of hydrogen-bond donors (Lipinski definition) is 0. The van der Waals surface area contributed by atoms with Crippen LogP contribution in [-0.4, -0.2) is 47.0 Å². The average molecular weight is 458 g/mol. The van der Waals surface area contributed by atoms with E-state index in [1.165, 1.54) is 17.7 Å². The van der Waals surface area contributed by atoms with Gasteiger partial charge < -0.3 is 14.2 Å². The highest BCUT2D eigenvalue weighted by atomic mass is 19.1. The third-order valence-electron chi connectivity index (χ3n) is 6.77. The Hall–Kier alpha value is -3.51. The van der Waals surface area contributed by atoms with Gasteiger partial charge >= 0.3 is 0 Å². The van der Waals surface area contributed by atoms with E-state index >= 15 is 0 Å². The third kappa shape index (κ3) is 4.73. The van der Waals surface area contributed by atoms with Crippen LogP contribution in [0.1, 0.15) is 40.4 Å². The van der Waals surface area contributed by atoms with Crippen molar-refractivity contribution in [2.24, 2.45) is 0 Å². The van der Waals surface area contributed by atoms with E-state index in [1.807, 2.05) is 30.3 Å². The molecule has 0 aliphatic carbocycles. The van der Waals surface area contributed by atoms with Crippen LogP contribution in [0.15, 0.2) is 73.1 Å². The molecule has 2 aromatic carbocycles. The van der Waals surface area contributed by atoms with Crippen molar-refractivity contribution in [1.29, 1.82) is 0 Å². The minimum atomic E-state index is -0.186. The molecule has 0 saturated carbocycles. The lowest BCUT2D eigenvalue weighted by molar-refractivity contribution is 0.103. The summed E-state index contributed by atoms with van der Waals surface area (Å²) in [6.07, 6.45) is 6.77. The van der Waals surface area contributed by atoms with Gasteiger partial charge in [-0.05, 0) is 60.5 Å². The van der Waals surface area contributed by atoms with Gasteiger partial charge in [-0.2, -0.15) is 0 Å². The first-order chi connectivity index (χ1) is 16.6. The van der Waals surface area contributed by atoms with Crippen molar-refractivity contribution in [1.82, 2.24) is 14.5 Å². The molecular weight excluding hydrogens is 429 g/mol. The molecule has 4 aromatic rings. The largest absolute Gasteiger partial charge is 0.481 e. The zero-order chi connectivity index (χ0) is 23.5. The number of nitrogens with zero attached hydrogens (tertiary/aromatic N) is 3. The maximum Gasteiger partial charge on any atom is 0.212 e. The molecule has 34 heavy (non-hydrogen) atoms. The maximum atomic E-state index is 13.1. The van der Waals surface area contributed by atoms with E-state index in [1.54, 1.807) is 25.4 Å². The average Bonchev–Trinajstić information content (AvgIpc) is 3.31. The molecule has 0 radical (unpaired) electrons. The first-order valence-corrected chi connectivity index (χ1v) is 11.7. The number of rotatable bonds is 7. The Morgan fingerprint density at radius 3 is 2.50 bits per heavy atom. The van der Waals surface area contributed by atoms with Crippen molar-refractivity contribution in [3.63, 3.8) is 0 Å². The molecule has 174 valence electrons. The van der Waals surface area contributed by atoms with Gasteiger partial charge in [-0.15, -0.1) is 0 Å². The Morgan fingerprint density at radius 2 is 1.79 bits per heavy atom. The molecule has 0 N–H and O–H groups in total. The molecule has 3 heterocycles. The van der Waals surface area contributed by atoms with Gasteiger partial charge in [0.25, 0.3) is 0 Å². The zero-order valence-electron chi connectivity index (χ0n) is 19.3. The van der Waals surface area contributed by atoms with Gasteiger partial charge in [-0.3, -0.25) is 4.79 Å². The maximum absolute atomic E-state index is 13.1. The fourth-order valence-electron chi connectivity index (χ4n) is 4.77. The molecule has 5 rings (SSSR count). The number of carbonyl (C=O) groups is 1. The first-order valence-electron chi connectivity index (χ1n) is 11.7. The van der Waals surface area contributed by atoms with Gasteiger partial charge in [0.15, 0.2) is 5.78 Å². The van der Waals surface area contributed by atoms with Crippen LogP contribution in [0.2, 0.25) is 0 Å². The third-order valence-corrected chi connectivity index (χ3v) is 6.77. The summed E-state index contributed by atoms with van der Waals surface area (Å²) in [6.45, 7) is 3.04. The normalized spacial score (nSPS) is 15.0. The quantitative estimate of drug-likeness (QED) is 0.354. The van der Waals surface area contributed by atoms with Gasteiger partial charge in [0, 0.05) is 60.8 Å². The molecule has 0 bridgehead atoms. The fourth-order valence-corrected chi connectivity index (χ4v) is 4.77. The van der Waals surface area contributed by atoms with E-state index in [0.717, 1.165) is 49.8 Å². The Kier molecular flexibility index (Phi) is 6.41. The number of likely N-dealkylation sites (tertiary alicyclic amines) is 1. The van der Waals surface area contributed by atoms with Crippen LogP contribution < -0.4 is 4.74 Å². The lowest BCUT2D eigenvalue weighted by Gasteiger charge is -2.33. The number of carbonyl (C=O) groups excluding carboxylic acids is 1. The second-order valence-corrected chi connectivity index (χ2v) is 8.86. The minimum Gasteiger partial charge on any atom is -0.481 e. The molecule has 0 amide bonds. The molecule has 0 unspecified atom stereocenters. The Bertz CT molecular complexity index is 1270. The summed E-state index contributed by atoms with van der Waals surface area (Å²) in [5, 5.41) is 1.14. The second kappa shape index (κ2) is 9.77. The Labute approximate surface area is 198 Å². The van der Waals surface area contributed by atoms with Gasteiger partial charge in [0.05, 0.1) is 7.11 Å². The monoisotopic (exact) mass is 457 g/mol. The summed E-state index contributed by atoms with van der Waals surface area (Å²) < 4.78 is 20.5. The number of fused-ring (bicyclic) bond motifs is 1. The number of aromatic nitrogens is 2. The van der Waals surface area contributed by atoms with Crippen LogP contribution in [0.3, 0.4) is 0 Å².